The Kier molecular flexibility index (Phi) is 4.46. The van der Waals surface area contributed by atoms with Crippen LogP contribution in [0, 0.1) is 5.92 Å². The lowest BCUT2D eigenvalue weighted by Gasteiger charge is -2.07. The van der Waals surface area contributed by atoms with Gasteiger partial charge in [0.2, 0.25) is 5.91 Å². The lowest BCUT2D eigenvalue weighted by Crippen LogP contribution is -2.28. The van der Waals surface area contributed by atoms with Gasteiger partial charge in [0, 0.05) is 17.5 Å². The van der Waals surface area contributed by atoms with E-state index in [9.17, 15) is 9.59 Å². The monoisotopic (exact) mass is 371 g/mol. The number of halogens is 1. The summed E-state index contributed by atoms with van der Waals surface area (Å²) in [5.74, 6) is 0.280. The van der Waals surface area contributed by atoms with E-state index in [4.69, 9.17) is 11.6 Å². The van der Waals surface area contributed by atoms with E-state index in [1.807, 2.05) is 12.1 Å². The number of carbonyl (C=O) groups excluding carboxylic acids is 1. The highest BCUT2D eigenvalue weighted by Gasteiger charge is 2.29. The molecule has 0 spiro atoms. The van der Waals surface area contributed by atoms with E-state index in [0.717, 1.165) is 18.4 Å². The summed E-state index contributed by atoms with van der Waals surface area (Å²) in [6.07, 6.45) is 5.02. The van der Waals surface area contributed by atoms with Gasteiger partial charge in [-0.3, -0.25) is 14.2 Å². The molecule has 8 heteroatoms. The molecule has 1 aliphatic rings. The number of rotatable bonds is 6. The van der Waals surface area contributed by atoms with Gasteiger partial charge in [-0.2, -0.15) is 5.10 Å². The topological polar surface area (TPSA) is 81.8 Å². The van der Waals surface area contributed by atoms with Crippen LogP contribution in [0.25, 0.3) is 11.0 Å². The number of amides is 1. The zero-order valence-electron chi connectivity index (χ0n) is 14.1. The summed E-state index contributed by atoms with van der Waals surface area (Å²) < 4.78 is 3.20. The van der Waals surface area contributed by atoms with E-state index in [1.165, 1.54) is 12.5 Å². The number of benzene rings is 1. The van der Waals surface area contributed by atoms with Crippen LogP contribution in [0.5, 0.6) is 0 Å². The highest BCUT2D eigenvalue weighted by molar-refractivity contribution is 6.30. The van der Waals surface area contributed by atoms with Crippen LogP contribution >= 0.6 is 11.6 Å². The van der Waals surface area contributed by atoms with Crippen molar-refractivity contribution in [2.45, 2.75) is 25.9 Å². The van der Waals surface area contributed by atoms with Gasteiger partial charge < -0.3 is 5.32 Å². The molecule has 1 N–H and O–H groups in total. The zero-order valence-corrected chi connectivity index (χ0v) is 14.8. The van der Waals surface area contributed by atoms with E-state index in [0.29, 0.717) is 35.7 Å². The van der Waals surface area contributed by atoms with Gasteiger partial charge in [0.05, 0.1) is 19.3 Å². The lowest BCUT2D eigenvalue weighted by atomic mass is 10.2. The number of aromatic nitrogens is 4. The Morgan fingerprint density at radius 1 is 1.27 bits per heavy atom. The van der Waals surface area contributed by atoms with Crippen LogP contribution in [0.1, 0.15) is 18.4 Å². The maximum atomic E-state index is 12.7. The van der Waals surface area contributed by atoms with Crippen molar-refractivity contribution in [1.82, 2.24) is 24.6 Å². The molecular weight excluding hydrogens is 354 g/mol. The van der Waals surface area contributed by atoms with E-state index >= 15 is 0 Å². The Morgan fingerprint density at radius 2 is 2.04 bits per heavy atom. The first-order valence-corrected chi connectivity index (χ1v) is 8.93. The summed E-state index contributed by atoms with van der Waals surface area (Å²) in [4.78, 5) is 28.7. The average molecular weight is 372 g/mol. The lowest BCUT2D eigenvalue weighted by molar-refractivity contribution is -0.122. The highest BCUT2D eigenvalue weighted by atomic mass is 35.5. The van der Waals surface area contributed by atoms with Gasteiger partial charge in [-0.1, -0.05) is 23.7 Å². The Morgan fingerprint density at radius 3 is 2.77 bits per heavy atom. The summed E-state index contributed by atoms with van der Waals surface area (Å²) in [6, 6.07) is 7.35. The maximum absolute atomic E-state index is 12.7. The van der Waals surface area contributed by atoms with E-state index in [-0.39, 0.29) is 17.4 Å². The summed E-state index contributed by atoms with van der Waals surface area (Å²) in [5, 5.41) is 8.26. The van der Waals surface area contributed by atoms with Crippen LogP contribution < -0.4 is 10.9 Å². The molecule has 2 heterocycles. The summed E-state index contributed by atoms with van der Waals surface area (Å²) in [5.41, 5.74) is 1.36. The summed E-state index contributed by atoms with van der Waals surface area (Å²) >= 11 is 5.89. The minimum atomic E-state index is -0.141. The van der Waals surface area contributed by atoms with Crippen molar-refractivity contribution in [3.05, 3.63) is 57.7 Å². The Hall–Kier alpha value is -2.67. The van der Waals surface area contributed by atoms with Crippen LogP contribution in [0.15, 0.2) is 41.6 Å². The summed E-state index contributed by atoms with van der Waals surface area (Å²) in [7, 11) is 0. The highest BCUT2D eigenvalue weighted by Crippen LogP contribution is 2.28. The fraction of sp³-hybridized carbons (Fsp3) is 0.333. The molecule has 0 saturated heterocycles. The molecular formula is C18H18ClN5O2. The standard InChI is InChI=1S/C18H18ClN5O2/c19-14-5-1-12(2-6-14)10-23-11-21-16-15(18(23)26)9-22-24(16)8-7-20-17(25)13-3-4-13/h1-2,5-6,9,11,13H,3-4,7-8,10H2,(H,20,25). The number of fused-ring (bicyclic) bond motifs is 1. The van der Waals surface area contributed by atoms with E-state index < -0.39 is 0 Å². The number of nitrogens with one attached hydrogen (secondary N) is 1. The van der Waals surface area contributed by atoms with E-state index in [1.54, 1.807) is 21.4 Å². The van der Waals surface area contributed by atoms with Crippen LogP contribution in [0.2, 0.25) is 5.02 Å². The zero-order chi connectivity index (χ0) is 18.1. The molecule has 7 nitrogen and oxygen atoms in total. The van der Waals surface area contributed by atoms with Gasteiger partial charge in [0.25, 0.3) is 5.56 Å². The molecule has 134 valence electrons. The molecule has 1 fully saturated rings. The van der Waals surface area contributed by atoms with Crippen LogP contribution in [0.3, 0.4) is 0 Å². The first kappa shape index (κ1) is 16.8. The smallest absolute Gasteiger partial charge is 0.264 e. The SMILES string of the molecule is O=C(NCCn1ncc2c(=O)n(Cc3ccc(Cl)cc3)cnc21)C1CC1. The molecule has 4 rings (SSSR count). The molecule has 0 bridgehead atoms. The Balaban J connectivity index is 1.50. The minimum absolute atomic E-state index is 0.0970. The third-order valence-electron chi connectivity index (χ3n) is 4.46. The molecule has 0 radical (unpaired) electrons. The number of carbonyl (C=O) groups is 1. The Labute approximate surface area is 154 Å². The third kappa shape index (κ3) is 3.48. The minimum Gasteiger partial charge on any atom is -0.354 e. The number of hydrogen-bond acceptors (Lipinski definition) is 4. The molecule has 26 heavy (non-hydrogen) atoms. The van der Waals surface area contributed by atoms with Gasteiger partial charge in [-0.15, -0.1) is 0 Å². The van der Waals surface area contributed by atoms with Crippen molar-refractivity contribution < 1.29 is 4.79 Å². The van der Waals surface area contributed by atoms with Crippen molar-refractivity contribution >= 4 is 28.5 Å². The Bertz CT molecular complexity index is 1000. The average Bonchev–Trinajstić information content (AvgIpc) is 3.41. The van der Waals surface area contributed by atoms with Gasteiger partial charge in [0.15, 0.2) is 5.65 Å². The maximum Gasteiger partial charge on any atom is 0.264 e. The molecule has 1 aliphatic carbocycles. The van der Waals surface area contributed by atoms with Crippen molar-refractivity contribution in [3.63, 3.8) is 0 Å². The number of nitrogens with zero attached hydrogens (tertiary/aromatic N) is 4. The van der Waals surface area contributed by atoms with Crippen molar-refractivity contribution in [2.24, 2.45) is 5.92 Å². The van der Waals surface area contributed by atoms with Crippen molar-refractivity contribution in [3.8, 4) is 0 Å². The van der Waals surface area contributed by atoms with Gasteiger partial charge in [0.1, 0.15) is 11.7 Å². The molecule has 1 saturated carbocycles. The third-order valence-corrected chi connectivity index (χ3v) is 4.71. The molecule has 0 unspecified atom stereocenters. The van der Waals surface area contributed by atoms with E-state index in [2.05, 4.69) is 15.4 Å². The molecule has 1 aromatic carbocycles. The molecule has 1 amide bonds. The normalized spacial score (nSPS) is 13.9. The first-order valence-electron chi connectivity index (χ1n) is 8.55. The van der Waals surface area contributed by atoms with Gasteiger partial charge in [-0.25, -0.2) is 9.67 Å². The predicted octanol–water partition coefficient (Wildman–Crippen LogP) is 1.82. The van der Waals surface area contributed by atoms with Crippen molar-refractivity contribution in [1.29, 1.82) is 0 Å². The first-order chi connectivity index (χ1) is 12.6. The predicted molar refractivity (Wildman–Crippen MR) is 98.1 cm³/mol. The molecule has 0 atom stereocenters. The fourth-order valence-electron chi connectivity index (χ4n) is 2.84. The van der Waals surface area contributed by atoms with Crippen molar-refractivity contribution in [2.75, 3.05) is 6.54 Å². The number of hydrogen-bond donors (Lipinski definition) is 1. The van der Waals surface area contributed by atoms with Gasteiger partial charge in [-0.05, 0) is 30.5 Å². The fourth-order valence-corrected chi connectivity index (χ4v) is 2.96. The van der Waals surface area contributed by atoms with Crippen LogP contribution in [-0.4, -0.2) is 31.8 Å². The second-order valence-electron chi connectivity index (χ2n) is 6.47. The molecule has 0 aliphatic heterocycles. The van der Waals surface area contributed by atoms with Crippen LogP contribution in [-0.2, 0) is 17.9 Å². The summed E-state index contributed by atoms with van der Waals surface area (Å²) in [6.45, 7) is 1.37. The van der Waals surface area contributed by atoms with Crippen LogP contribution in [0.4, 0.5) is 0 Å². The quantitative estimate of drug-likeness (QED) is 0.716. The second kappa shape index (κ2) is 6.92. The second-order valence-corrected chi connectivity index (χ2v) is 6.91. The van der Waals surface area contributed by atoms with Gasteiger partial charge >= 0.3 is 0 Å². The largest absolute Gasteiger partial charge is 0.354 e. The molecule has 3 aromatic rings. The molecule has 2 aromatic heterocycles.